The first-order chi connectivity index (χ1) is 8.68. The third-order valence-corrected chi connectivity index (χ3v) is 3.76. The topological polar surface area (TPSA) is 61.4 Å². The van der Waals surface area contributed by atoms with E-state index in [9.17, 15) is 9.59 Å². The van der Waals surface area contributed by atoms with E-state index in [0.29, 0.717) is 18.0 Å². The van der Waals surface area contributed by atoms with E-state index < -0.39 is 6.04 Å². The van der Waals surface area contributed by atoms with Gasteiger partial charge in [0, 0.05) is 26.2 Å². The SMILES string of the molecule is CC(NC(=O)c1cccs1)C(=O)N1CCNCC1. The molecule has 2 N–H and O–H groups in total. The molecule has 0 radical (unpaired) electrons. The van der Waals surface area contributed by atoms with Crippen LogP contribution in [-0.2, 0) is 4.79 Å². The molecule has 0 spiro atoms. The van der Waals surface area contributed by atoms with E-state index in [-0.39, 0.29) is 11.8 Å². The lowest BCUT2D eigenvalue weighted by molar-refractivity contribution is -0.133. The number of piperazine rings is 1. The average Bonchev–Trinajstić information content (AvgIpc) is 2.92. The summed E-state index contributed by atoms with van der Waals surface area (Å²) in [5.41, 5.74) is 0. The van der Waals surface area contributed by atoms with E-state index in [1.807, 2.05) is 11.4 Å². The van der Waals surface area contributed by atoms with Gasteiger partial charge in [0.2, 0.25) is 5.91 Å². The zero-order chi connectivity index (χ0) is 13.0. The molecule has 1 aromatic heterocycles. The summed E-state index contributed by atoms with van der Waals surface area (Å²) >= 11 is 1.37. The fraction of sp³-hybridized carbons (Fsp3) is 0.500. The van der Waals surface area contributed by atoms with Crippen molar-refractivity contribution >= 4 is 23.2 Å². The molecule has 0 saturated carbocycles. The predicted octanol–water partition coefficient (Wildman–Crippen LogP) is 0.298. The Bertz CT molecular complexity index is 413. The van der Waals surface area contributed by atoms with Crippen molar-refractivity contribution in [2.75, 3.05) is 26.2 Å². The highest BCUT2D eigenvalue weighted by Crippen LogP contribution is 2.08. The zero-order valence-corrected chi connectivity index (χ0v) is 11.1. The number of hydrogen-bond donors (Lipinski definition) is 2. The van der Waals surface area contributed by atoms with Gasteiger partial charge in [-0.15, -0.1) is 11.3 Å². The molecule has 1 aliphatic heterocycles. The van der Waals surface area contributed by atoms with Crippen LogP contribution in [0.15, 0.2) is 17.5 Å². The number of carbonyl (C=O) groups is 2. The van der Waals surface area contributed by atoms with Gasteiger partial charge < -0.3 is 15.5 Å². The van der Waals surface area contributed by atoms with Crippen LogP contribution in [0.1, 0.15) is 16.6 Å². The van der Waals surface area contributed by atoms with Crippen molar-refractivity contribution in [1.29, 1.82) is 0 Å². The van der Waals surface area contributed by atoms with Crippen LogP contribution in [0.2, 0.25) is 0 Å². The molecule has 0 aliphatic carbocycles. The van der Waals surface area contributed by atoms with Gasteiger partial charge in [-0.3, -0.25) is 9.59 Å². The van der Waals surface area contributed by atoms with Crippen molar-refractivity contribution in [2.45, 2.75) is 13.0 Å². The Morgan fingerprint density at radius 2 is 2.17 bits per heavy atom. The van der Waals surface area contributed by atoms with Crippen molar-refractivity contribution < 1.29 is 9.59 Å². The van der Waals surface area contributed by atoms with Crippen molar-refractivity contribution in [2.24, 2.45) is 0 Å². The highest BCUT2D eigenvalue weighted by atomic mass is 32.1. The van der Waals surface area contributed by atoms with Gasteiger partial charge in [0.25, 0.3) is 5.91 Å². The molecule has 1 atom stereocenters. The van der Waals surface area contributed by atoms with Crippen LogP contribution in [0.25, 0.3) is 0 Å². The Hall–Kier alpha value is -1.40. The fourth-order valence-electron chi connectivity index (χ4n) is 1.90. The molecule has 98 valence electrons. The molecule has 0 bridgehead atoms. The van der Waals surface area contributed by atoms with E-state index in [2.05, 4.69) is 10.6 Å². The number of amides is 2. The van der Waals surface area contributed by atoms with E-state index in [0.717, 1.165) is 13.1 Å². The van der Waals surface area contributed by atoms with Gasteiger partial charge in [0.05, 0.1) is 4.88 Å². The van der Waals surface area contributed by atoms with Gasteiger partial charge in [-0.1, -0.05) is 6.07 Å². The molecule has 1 fully saturated rings. The van der Waals surface area contributed by atoms with Gasteiger partial charge in [0.1, 0.15) is 6.04 Å². The minimum Gasteiger partial charge on any atom is -0.340 e. The molecule has 1 aliphatic rings. The molecular weight excluding hydrogens is 250 g/mol. The first kappa shape index (κ1) is 13.0. The van der Waals surface area contributed by atoms with E-state index >= 15 is 0 Å². The average molecular weight is 267 g/mol. The Kier molecular flexibility index (Phi) is 4.33. The van der Waals surface area contributed by atoms with Crippen molar-refractivity contribution in [3.63, 3.8) is 0 Å². The highest BCUT2D eigenvalue weighted by Gasteiger charge is 2.23. The van der Waals surface area contributed by atoms with Gasteiger partial charge in [-0.2, -0.15) is 0 Å². The lowest BCUT2D eigenvalue weighted by Gasteiger charge is -2.29. The van der Waals surface area contributed by atoms with E-state index in [1.54, 1.807) is 17.9 Å². The molecule has 1 unspecified atom stereocenters. The first-order valence-electron chi connectivity index (χ1n) is 6.02. The largest absolute Gasteiger partial charge is 0.340 e. The molecule has 1 saturated heterocycles. The highest BCUT2D eigenvalue weighted by molar-refractivity contribution is 7.12. The van der Waals surface area contributed by atoms with Crippen molar-refractivity contribution in [3.05, 3.63) is 22.4 Å². The first-order valence-corrected chi connectivity index (χ1v) is 6.90. The second kappa shape index (κ2) is 5.97. The van der Waals surface area contributed by atoms with Crippen LogP contribution in [0.5, 0.6) is 0 Å². The van der Waals surface area contributed by atoms with E-state index in [1.165, 1.54) is 11.3 Å². The summed E-state index contributed by atoms with van der Waals surface area (Å²) in [5.74, 6) is -0.192. The maximum Gasteiger partial charge on any atom is 0.261 e. The lowest BCUT2D eigenvalue weighted by Crippen LogP contribution is -2.53. The number of nitrogens with zero attached hydrogens (tertiary/aromatic N) is 1. The van der Waals surface area contributed by atoms with Crippen LogP contribution in [-0.4, -0.2) is 48.9 Å². The zero-order valence-electron chi connectivity index (χ0n) is 10.3. The minimum atomic E-state index is -0.474. The molecule has 2 heterocycles. The van der Waals surface area contributed by atoms with Crippen LogP contribution < -0.4 is 10.6 Å². The van der Waals surface area contributed by atoms with Crippen LogP contribution in [0, 0.1) is 0 Å². The molecule has 2 amide bonds. The van der Waals surface area contributed by atoms with Crippen LogP contribution >= 0.6 is 11.3 Å². The summed E-state index contributed by atoms with van der Waals surface area (Å²) in [5, 5.41) is 7.78. The quantitative estimate of drug-likeness (QED) is 0.828. The normalized spacial score (nSPS) is 17.3. The maximum atomic E-state index is 12.1. The Balaban J connectivity index is 1.88. The number of rotatable bonds is 3. The summed E-state index contributed by atoms with van der Waals surface area (Å²) < 4.78 is 0. The fourth-order valence-corrected chi connectivity index (χ4v) is 2.52. The van der Waals surface area contributed by atoms with Crippen LogP contribution in [0.3, 0.4) is 0 Å². The second-order valence-electron chi connectivity index (χ2n) is 4.25. The van der Waals surface area contributed by atoms with Crippen molar-refractivity contribution in [3.8, 4) is 0 Å². The number of thiophene rings is 1. The van der Waals surface area contributed by atoms with Crippen molar-refractivity contribution in [1.82, 2.24) is 15.5 Å². The number of carbonyl (C=O) groups excluding carboxylic acids is 2. The molecule has 0 aromatic carbocycles. The molecule has 5 nitrogen and oxygen atoms in total. The predicted molar refractivity (Wildman–Crippen MR) is 70.7 cm³/mol. The minimum absolute atomic E-state index is 0.0126. The van der Waals surface area contributed by atoms with E-state index in [4.69, 9.17) is 0 Å². The van der Waals surface area contributed by atoms with Gasteiger partial charge in [-0.05, 0) is 18.4 Å². The second-order valence-corrected chi connectivity index (χ2v) is 5.20. The Morgan fingerprint density at radius 1 is 1.44 bits per heavy atom. The summed E-state index contributed by atoms with van der Waals surface area (Å²) in [6.07, 6.45) is 0. The van der Waals surface area contributed by atoms with Gasteiger partial charge in [0.15, 0.2) is 0 Å². The summed E-state index contributed by atoms with van der Waals surface area (Å²) in [4.78, 5) is 26.3. The molecule has 2 rings (SSSR count). The molecule has 18 heavy (non-hydrogen) atoms. The molecule has 6 heteroatoms. The standard InChI is InChI=1S/C12H17N3O2S/c1-9(12(17)15-6-4-13-5-7-15)14-11(16)10-3-2-8-18-10/h2-3,8-9,13H,4-7H2,1H3,(H,14,16). The van der Waals surface area contributed by atoms with Gasteiger partial charge in [-0.25, -0.2) is 0 Å². The molecule has 1 aromatic rings. The number of hydrogen-bond acceptors (Lipinski definition) is 4. The summed E-state index contributed by atoms with van der Waals surface area (Å²) in [6.45, 7) is 4.78. The Labute approximate surface area is 110 Å². The van der Waals surface area contributed by atoms with Crippen LogP contribution in [0.4, 0.5) is 0 Å². The third kappa shape index (κ3) is 3.08. The van der Waals surface area contributed by atoms with Gasteiger partial charge >= 0.3 is 0 Å². The smallest absolute Gasteiger partial charge is 0.261 e. The lowest BCUT2D eigenvalue weighted by atomic mass is 10.2. The molecular formula is C12H17N3O2S. The number of nitrogens with one attached hydrogen (secondary N) is 2. The Morgan fingerprint density at radius 3 is 2.78 bits per heavy atom. The summed E-state index contributed by atoms with van der Waals surface area (Å²) in [6, 6.07) is 3.10. The third-order valence-electron chi connectivity index (χ3n) is 2.89. The monoisotopic (exact) mass is 267 g/mol. The summed E-state index contributed by atoms with van der Waals surface area (Å²) in [7, 11) is 0. The maximum absolute atomic E-state index is 12.1.